The zero-order valence-electron chi connectivity index (χ0n) is 19.2. The highest BCUT2D eigenvalue weighted by atomic mass is 16.5. The van der Waals surface area contributed by atoms with Crippen molar-refractivity contribution in [1.82, 2.24) is 5.32 Å². The van der Waals surface area contributed by atoms with Crippen molar-refractivity contribution < 1.29 is 29.0 Å². The van der Waals surface area contributed by atoms with Crippen molar-refractivity contribution in [2.75, 3.05) is 12.0 Å². The Kier molecular flexibility index (Phi) is 6.24. The average molecular weight is 472 g/mol. The van der Waals surface area contributed by atoms with E-state index in [-0.39, 0.29) is 23.2 Å². The molecule has 0 saturated heterocycles. The fourth-order valence-electron chi connectivity index (χ4n) is 4.61. The van der Waals surface area contributed by atoms with Crippen LogP contribution in [0.15, 0.2) is 84.9 Å². The lowest BCUT2D eigenvalue weighted by molar-refractivity contribution is -0.174. The van der Waals surface area contributed by atoms with Crippen LogP contribution >= 0.6 is 0 Å². The number of carbonyl (C=O) groups excluding carboxylic acids is 4. The van der Waals surface area contributed by atoms with Gasteiger partial charge in [0.2, 0.25) is 11.5 Å². The van der Waals surface area contributed by atoms with Crippen LogP contribution in [0.1, 0.15) is 28.4 Å². The highest BCUT2D eigenvalue weighted by Gasteiger charge is 2.67. The van der Waals surface area contributed by atoms with Gasteiger partial charge in [-0.3, -0.25) is 14.4 Å². The number of aliphatic hydroxyl groups is 1. The standard InChI is InChI=1S/C27H24N2O6/c1-18(30)28-26(25(33)35-2,17-19-11-5-3-6-12-19)27(34)22-16-10-9-15-21(22)23(31)29(24(27)32)20-13-7-4-8-14-20/h3-16,34H,17H2,1-2H3,(H,28,30)/t26-,27-/m1/s1. The molecule has 0 bridgehead atoms. The molecule has 178 valence electrons. The fraction of sp³-hybridized carbons (Fsp3) is 0.185. The molecule has 0 unspecified atom stereocenters. The Morgan fingerprint density at radius 2 is 1.51 bits per heavy atom. The third-order valence-electron chi connectivity index (χ3n) is 6.13. The molecule has 0 aromatic heterocycles. The highest BCUT2D eigenvalue weighted by molar-refractivity contribution is 6.28. The lowest BCUT2D eigenvalue weighted by Crippen LogP contribution is -2.75. The molecule has 4 rings (SSSR count). The first-order chi connectivity index (χ1) is 16.8. The zero-order valence-corrected chi connectivity index (χ0v) is 19.2. The van der Waals surface area contributed by atoms with Crippen molar-refractivity contribution in [2.24, 2.45) is 0 Å². The molecule has 8 heteroatoms. The second kappa shape index (κ2) is 9.15. The van der Waals surface area contributed by atoms with E-state index in [2.05, 4.69) is 5.32 Å². The third-order valence-corrected chi connectivity index (χ3v) is 6.13. The zero-order chi connectivity index (χ0) is 25.2. The van der Waals surface area contributed by atoms with Crippen LogP contribution in [0.2, 0.25) is 0 Å². The van der Waals surface area contributed by atoms with E-state index in [4.69, 9.17) is 4.74 Å². The molecule has 0 fully saturated rings. The number of rotatable bonds is 6. The number of carbonyl (C=O) groups is 4. The smallest absolute Gasteiger partial charge is 0.335 e. The van der Waals surface area contributed by atoms with Crippen LogP contribution in [0.3, 0.4) is 0 Å². The van der Waals surface area contributed by atoms with Gasteiger partial charge in [-0.25, -0.2) is 9.69 Å². The van der Waals surface area contributed by atoms with Gasteiger partial charge < -0.3 is 15.2 Å². The summed E-state index contributed by atoms with van der Waals surface area (Å²) in [5.41, 5.74) is -4.31. The van der Waals surface area contributed by atoms with E-state index in [9.17, 15) is 24.3 Å². The van der Waals surface area contributed by atoms with Crippen molar-refractivity contribution in [3.63, 3.8) is 0 Å². The van der Waals surface area contributed by atoms with Gasteiger partial charge in [-0.1, -0.05) is 66.7 Å². The Balaban J connectivity index is 2.06. The fourth-order valence-corrected chi connectivity index (χ4v) is 4.61. The van der Waals surface area contributed by atoms with Crippen LogP contribution in [0.5, 0.6) is 0 Å². The summed E-state index contributed by atoms with van der Waals surface area (Å²) in [6, 6.07) is 22.7. The summed E-state index contributed by atoms with van der Waals surface area (Å²) in [7, 11) is 1.10. The second-order valence-electron chi connectivity index (χ2n) is 8.28. The topological polar surface area (TPSA) is 113 Å². The molecular formula is C27H24N2O6. The average Bonchev–Trinajstić information content (AvgIpc) is 2.87. The molecule has 0 spiro atoms. The Morgan fingerprint density at radius 1 is 0.943 bits per heavy atom. The van der Waals surface area contributed by atoms with E-state index in [1.54, 1.807) is 72.8 Å². The summed E-state index contributed by atoms with van der Waals surface area (Å²) in [4.78, 5) is 54.4. The number of nitrogens with one attached hydrogen (secondary N) is 1. The normalized spacial score (nSPS) is 18.9. The molecule has 8 nitrogen and oxygen atoms in total. The van der Waals surface area contributed by atoms with E-state index in [1.165, 1.54) is 19.1 Å². The van der Waals surface area contributed by atoms with Gasteiger partial charge >= 0.3 is 5.97 Å². The molecule has 1 aliphatic rings. The SMILES string of the molecule is COC(=O)[C@@](Cc1ccccc1)(NC(C)=O)[C@]1(O)C(=O)N(c2ccccc2)C(=O)c2ccccc21. The van der Waals surface area contributed by atoms with Crippen LogP contribution in [-0.4, -0.2) is 41.4 Å². The van der Waals surface area contributed by atoms with Crippen LogP contribution < -0.4 is 10.2 Å². The van der Waals surface area contributed by atoms with Gasteiger partial charge in [0.25, 0.3) is 11.8 Å². The van der Waals surface area contributed by atoms with E-state index >= 15 is 0 Å². The maximum atomic E-state index is 14.2. The predicted molar refractivity (Wildman–Crippen MR) is 127 cm³/mol. The summed E-state index contributed by atoms with van der Waals surface area (Å²) < 4.78 is 5.07. The Labute approximate surface area is 202 Å². The maximum absolute atomic E-state index is 14.2. The van der Waals surface area contributed by atoms with Crippen LogP contribution in [-0.2, 0) is 31.1 Å². The number of hydrogen-bond donors (Lipinski definition) is 2. The number of esters is 1. The molecule has 3 aromatic rings. The molecular weight excluding hydrogens is 448 g/mol. The molecule has 2 N–H and O–H groups in total. The molecule has 0 aliphatic carbocycles. The number of anilines is 1. The lowest BCUT2D eigenvalue weighted by atomic mass is 9.67. The Bertz CT molecular complexity index is 1290. The summed E-state index contributed by atoms with van der Waals surface area (Å²) in [6.07, 6.45) is -0.284. The molecule has 1 heterocycles. The minimum absolute atomic E-state index is 0.0187. The van der Waals surface area contributed by atoms with Crippen LogP contribution in [0.25, 0.3) is 0 Å². The van der Waals surface area contributed by atoms with Gasteiger partial charge in [-0.2, -0.15) is 0 Å². The van der Waals surface area contributed by atoms with E-state index in [1.807, 2.05) is 0 Å². The van der Waals surface area contributed by atoms with Crippen molar-refractivity contribution in [3.8, 4) is 0 Å². The highest BCUT2D eigenvalue weighted by Crippen LogP contribution is 2.44. The summed E-state index contributed by atoms with van der Waals surface area (Å²) >= 11 is 0. The van der Waals surface area contributed by atoms with Crippen LogP contribution in [0.4, 0.5) is 5.69 Å². The summed E-state index contributed by atoms with van der Waals surface area (Å²) in [5.74, 6) is -3.46. The minimum Gasteiger partial charge on any atom is -0.467 e. The first-order valence-electron chi connectivity index (χ1n) is 10.9. The Morgan fingerprint density at radius 3 is 2.11 bits per heavy atom. The molecule has 1 aliphatic heterocycles. The van der Waals surface area contributed by atoms with Gasteiger partial charge in [0.1, 0.15) is 0 Å². The predicted octanol–water partition coefficient (Wildman–Crippen LogP) is 2.35. The number of fused-ring (bicyclic) bond motifs is 1. The molecule has 0 radical (unpaired) electrons. The number of methoxy groups -OCH3 is 1. The monoisotopic (exact) mass is 472 g/mol. The maximum Gasteiger partial charge on any atom is 0.335 e. The van der Waals surface area contributed by atoms with Gasteiger partial charge in [-0.15, -0.1) is 0 Å². The molecule has 3 amide bonds. The van der Waals surface area contributed by atoms with Crippen molar-refractivity contribution in [3.05, 3.63) is 102 Å². The number of hydrogen-bond acceptors (Lipinski definition) is 6. The number of benzene rings is 3. The van der Waals surface area contributed by atoms with Gasteiger partial charge in [0, 0.05) is 24.5 Å². The first-order valence-corrected chi connectivity index (χ1v) is 10.9. The number of imide groups is 1. The van der Waals surface area contributed by atoms with Crippen molar-refractivity contribution in [2.45, 2.75) is 24.5 Å². The third kappa shape index (κ3) is 3.77. The number of amides is 3. The number of nitrogens with zero attached hydrogens (tertiary/aromatic N) is 1. The largest absolute Gasteiger partial charge is 0.467 e. The number of ether oxygens (including phenoxy) is 1. The van der Waals surface area contributed by atoms with Gasteiger partial charge in [0.15, 0.2) is 5.54 Å². The van der Waals surface area contributed by atoms with E-state index in [0.717, 1.165) is 12.0 Å². The first kappa shape index (κ1) is 23.8. The molecule has 3 aromatic carbocycles. The Hall–Kier alpha value is -4.30. The second-order valence-corrected chi connectivity index (χ2v) is 8.28. The quantitative estimate of drug-likeness (QED) is 0.421. The molecule has 35 heavy (non-hydrogen) atoms. The lowest BCUT2D eigenvalue weighted by Gasteiger charge is -2.48. The number of para-hydroxylation sites is 1. The van der Waals surface area contributed by atoms with Crippen LogP contribution in [0, 0.1) is 0 Å². The van der Waals surface area contributed by atoms with Crippen molar-refractivity contribution >= 4 is 29.4 Å². The van der Waals surface area contributed by atoms with E-state index < -0.39 is 34.8 Å². The minimum atomic E-state index is -2.69. The van der Waals surface area contributed by atoms with E-state index in [0.29, 0.717) is 5.56 Å². The summed E-state index contributed by atoms with van der Waals surface area (Å²) in [6.45, 7) is 1.17. The molecule has 0 saturated carbocycles. The van der Waals surface area contributed by atoms with Gasteiger partial charge in [-0.05, 0) is 23.8 Å². The molecule has 2 atom stereocenters. The van der Waals surface area contributed by atoms with Crippen molar-refractivity contribution in [1.29, 1.82) is 0 Å². The summed E-state index contributed by atoms with van der Waals surface area (Å²) in [5, 5.41) is 14.9. The van der Waals surface area contributed by atoms with Gasteiger partial charge in [0.05, 0.1) is 12.8 Å².